The van der Waals surface area contributed by atoms with E-state index in [1.165, 1.54) is 0 Å². The van der Waals surface area contributed by atoms with Crippen LogP contribution in [-0.2, 0) is 4.79 Å². The fourth-order valence-corrected chi connectivity index (χ4v) is 1.41. The maximum Gasteiger partial charge on any atom is 0.331 e. The highest BCUT2D eigenvalue weighted by Crippen LogP contribution is 2.18. The Kier molecular flexibility index (Phi) is 7.31. The lowest BCUT2D eigenvalue weighted by atomic mass is 10.0. The summed E-state index contributed by atoms with van der Waals surface area (Å²) in [5, 5.41) is 9.47. The molecule has 0 aliphatic heterocycles. The number of rotatable bonds is 5. The zero-order chi connectivity index (χ0) is 13.4. The van der Waals surface area contributed by atoms with E-state index < -0.39 is 5.97 Å². The van der Waals surface area contributed by atoms with Crippen molar-refractivity contribution < 1.29 is 9.90 Å². The number of halogens is 1. The Balaban J connectivity index is 5.21. The first-order valence-corrected chi connectivity index (χ1v) is 5.91. The van der Waals surface area contributed by atoms with Crippen LogP contribution in [0.2, 0.25) is 0 Å². The van der Waals surface area contributed by atoms with Crippen LogP contribution in [0.15, 0.2) is 46.1 Å². The van der Waals surface area contributed by atoms with Gasteiger partial charge in [-0.05, 0) is 44.4 Å². The lowest BCUT2D eigenvalue weighted by Gasteiger charge is -2.05. The standard InChI is InChI=1S/C14H19ClO2/c1-5-12(8-7-10(3)14(16)17)13(6-2)9-11(4)15/h6-9H,5H2,1-4H3,(H,16,17)/b10-7+,11-9+,12-8+,13-6+. The second-order valence-electron chi connectivity index (χ2n) is 3.68. The molecule has 0 saturated carbocycles. The van der Waals surface area contributed by atoms with Gasteiger partial charge in [-0.1, -0.05) is 36.8 Å². The van der Waals surface area contributed by atoms with Crippen molar-refractivity contribution in [2.75, 3.05) is 0 Å². The van der Waals surface area contributed by atoms with Crippen LogP contribution in [-0.4, -0.2) is 11.1 Å². The summed E-state index contributed by atoms with van der Waals surface area (Å²) in [4.78, 5) is 10.7. The van der Waals surface area contributed by atoms with Crippen LogP contribution >= 0.6 is 11.6 Å². The number of allylic oxidation sites excluding steroid dienone is 7. The monoisotopic (exact) mass is 254 g/mol. The second-order valence-corrected chi connectivity index (χ2v) is 4.27. The van der Waals surface area contributed by atoms with E-state index in [1.54, 1.807) is 13.0 Å². The minimum atomic E-state index is -0.900. The lowest BCUT2D eigenvalue weighted by Crippen LogP contribution is -1.95. The number of carboxylic acid groups (broad SMARTS) is 1. The third-order valence-electron chi connectivity index (χ3n) is 2.29. The molecule has 0 radical (unpaired) electrons. The number of carbonyl (C=O) groups is 1. The second kappa shape index (κ2) is 7.91. The van der Waals surface area contributed by atoms with Crippen LogP contribution in [0.5, 0.6) is 0 Å². The third-order valence-corrected chi connectivity index (χ3v) is 2.40. The third kappa shape index (κ3) is 6.12. The summed E-state index contributed by atoms with van der Waals surface area (Å²) in [6.45, 7) is 7.35. The Labute approximate surface area is 108 Å². The quantitative estimate of drug-likeness (QED) is 0.582. The van der Waals surface area contributed by atoms with Gasteiger partial charge in [0.1, 0.15) is 0 Å². The van der Waals surface area contributed by atoms with Crippen LogP contribution in [0.1, 0.15) is 34.1 Å². The highest BCUT2D eigenvalue weighted by Gasteiger charge is 2.01. The molecular formula is C14H19ClO2. The van der Waals surface area contributed by atoms with E-state index in [1.807, 2.05) is 39.0 Å². The normalized spacial score (nSPS) is 15.1. The van der Waals surface area contributed by atoms with Crippen molar-refractivity contribution in [1.29, 1.82) is 0 Å². The number of carboxylic acids is 1. The van der Waals surface area contributed by atoms with Crippen molar-refractivity contribution >= 4 is 17.6 Å². The Morgan fingerprint density at radius 1 is 1.29 bits per heavy atom. The van der Waals surface area contributed by atoms with Gasteiger partial charge in [-0.2, -0.15) is 0 Å². The molecule has 0 aliphatic rings. The summed E-state index contributed by atoms with van der Waals surface area (Å²) in [5.41, 5.74) is 2.40. The largest absolute Gasteiger partial charge is 0.478 e. The molecule has 0 heterocycles. The summed E-state index contributed by atoms with van der Waals surface area (Å²) in [5.74, 6) is -0.900. The maximum atomic E-state index is 10.7. The van der Waals surface area contributed by atoms with Gasteiger partial charge in [0.15, 0.2) is 0 Å². The predicted octanol–water partition coefficient (Wildman–Crippen LogP) is 4.44. The minimum absolute atomic E-state index is 0.318. The molecule has 2 nitrogen and oxygen atoms in total. The van der Waals surface area contributed by atoms with Gasteiger partial charge < -0.3 is 5.11 Å². The molecule has 17 heavy (non-hydrogen) atoms. The molecule has 0 rings (SSSR count). The summed E-state index contributed by atoms with van der Waals surface area (Å²) >= 11 is 5.85. The highest BCUT2D eigenvalue weighted by molar-refractivity contribution is 6.29. The van der Waals surface area contributed by atoms with E-state index in [0.29, 0.717) is 10.6 Å². The lowest BCUT2D eigenvalue weighted by molar-refractivity contribution is -0.132. The van der Waals surface area contributed by atoms with Gasteiger partial charge in [0.2, 0.25) is 0 Å². The number of hydrogen-bond acceptors (Lipinski definition) is 1. The van der Waals surface area contributed by atoms with Gasteiger partial charge in [-0.15, -0.1) is 0 Å². The Hall–Kier alpha value is -1.28. The number of aliphatic carboxylic acids is 1. The van der Waals surface area contributed by atoms with Crippen LogP contribution < -0.4 is 0 Å². The van der Waals surface area contributed by atoms with E-state index in [9.17, 15) is 4.79 Å². The Morgan fingerprint density at radius 3 is 2.24 bits per heavy atom. The zero-order valence-corrected chi connectivity index (χ0v) is 11.5. The molecule has 0 aromatic rings. The first-order chi connectivity index (χ1) is 7.92. The number of hydrogen-bond donors (Lipinski definition) is 1. The zero-order valence-electron chi connectivity index (χ0n) is 10.7. The molecule has 0 aromatic heterocycles. The fraction of sp³-hybridized carbons (Fsp3) is 0.357. The van der Waals surface area contributed by atoms with Crippen molar-refractivity contribution in [2.45, 2.75) is 34.1 Å². The average Bonchev–Trinajstić information content (AvgIpc) is 2.26. The van der Waals surface area contributed by atoms with Crippen LogP contribution in [0.3, 0.4) is 0 Å². The molecule has 0 aliphatic carbocycles. The van der Waals surface area contributed by atoms with Crippen LogP contribution in [0.25, 0.3) is 0 Å². The van der Waals surface area contributed by atoms with Gasteiger partial charge in [-0.25, -0.2) is 4.79 Å². The van der Waals surface area contributed by atoms with Crippen molar-refractivity contribution in [3.63, 3.8) is 0 Å². The molecule has 1 N–H and O–H groups in total. The molecular weight excluding hydrogens is 236 g/mol. The molecule has 0 amide bonds. The fourth-order valence-electron chi connectivity index (χ4n) is 1.29. The Morgan fingerprint density at radius 2 is 1.88 bits per heavy atom. The predicted molar refractivity (Wildman–Crippen MR) is 73.1 cm³/mol. The van der Waals surface area contributed by atoms with E-state index in [2.05, 4.69) is 0 Å². The van der Waals surface area contributed by atoms with Gasteiger partial charge in [-0.3, -0.25) is 0 Å². The molecule has 0 fully saturated rings. The SMILES string of the molecule is C/C=C(\C=C(/C)Cl)C(=C/C=C(\C)C(=O)O)/CC. The van der Waals surface area contributed by atoms with E-state index in [-0.39, 0.29) is 0 Å². The van der Waals surface area contributed by atoms with Crippen LogP contribution in [0, 0.1) is 0 Å². The molecule has 0 atom stereocenters. The molecule has 3 heteroatoms. The summed E-state index contributed by atoms with van der Waals surface area (Å²) in [6, 6.07) is 0. The van der Waals surface area contributed by atoms with E-state index in [4.69, 9.17) is 16.7 Å². The molecule has 0 spiro atoms. The van der Waals surface area contributed by atoms with E-state index in [0.717, 1.165) is 17.6 Å². The summed E-state index contributed by atoms with van der Waals surface area (Å²) in [7, 11) is 0. The highest BCUT2D eigenvalue weighted by atomic mass is 35.5. The topological polar surface area (TPSA) is 37.3 Å². The first kappa shape index (κ1) is 15.7. The summed E-state index contributed by atoms with van der Waals surface area (Å²) < 4.78 is 0. The van der Waals surface area contributed by atoms with Gasteiger partial charge >= 0.3 is 5.97 Å². The van der Waals surface area contributed by atoms with E-state index >= 15 is 0 Å². The minimum Gasteiger partial charge on any atom is -0.478 e. The molecule has 94 valence electrons. The molecule has 0 aromatic carbocycles. The smallest absolute Gasteiger partial charge is 0.331 e. The maximum absolute atomic E-state index is 10.7. The molecule has 0 bridgehead atoms. The van der Waals surface area contributed by atoms with Gasteiger partial charge in [0.05, 0.1) is 0 Å². The van der Waals surface area contributed by atoms with Crippen molar-refractivity contribution in [3.05, 3.63) is 46.1 Å². The van der Waals surface area contributed by atoms with Gasteiger partial charge in [0, 0.05) is 10.6 Å². The molecule has 0 unspecified atom stereocenters. The van der Waals surface area contributed by atoms with Crippen molar-refractivity contribution in [2.24, 2.45) is 0 Å². The molecule has 0 saturated heterocycles. The Bertz CT molecular complexity index is 394. The average molecular weight is 255 g/mol. The first-order valence-electron chi connectivity index (χ1n) is 5.53. The van der Waals surface area contributed by atoms with Gasteiger partial charge in [0.25, 0.3) is 0 Å². The van der Waals surface area contributed by atoms with Crippen molar-refractivity contribution in [3.8, 4) is 0 Å². The van der Waals surface area contributed by atoms with Crippen molar-refractivity contribution in [1.82, 2.24) is 0 Å². The van der Waals surface area contributed by atoms with Crippen LogP contribution in [0.4, 0.5) is 0 Å². The summed E-state index contributed by atoms with van der Waals surface area (Å²) in [6.07, 6.45) is 8.10.